The van der Waals surface area contributed by atoms with Crippen LogP contribution >= 0.6 is 22.9 Å². The summed E-state index contributed by atoms with van der Waals surface area (Å²) in [6, 6.07) is 3.95. The lowest BCUT2D eigenvalue weighted by Gasteiger charge is -1.99. The number of rotatable bonds is 1. The average Bonchev–Trinajstić information content (AvgIpc) is 2.88. The topological polar surface area (TPSA) is 56.0 Å². The lowest BCUT2D eigenvalue weighted by molar-refractivity contribution is 0.826. The molecule has 3 heterocycles. The lowest BCUT2D eigenvalue weighted by atomic mass is 10.3. The minimum Gasteiger partial charge on any atom is -0.238 e. The van der Waals surface area contributed by atoms with E-state index in [1.165, 1.54) is 0 Å². The third-order valence-electron chi connectivity index (χ3n) is 1.96. The van der Waals surface area contributed by atoms with E-state index in [2.05, 4.69) is 20.5 Å². The van der Waals surface area contributed by atoms with Crippen LogP contribution in [0.5, 0.6) is 0 Å². The molecule has 3 aromatic heterocycles. The summed E-state index contributed by atoms with van der Waals surface area (Å²) in [5, 5.41) is 13.5. The molecule has 0 aliphatic rings. The molecule has 0 bridgehead atoms. The van der Waals surface area contributed by atoms with Crippen LogP contribution in [0.2, 0.25) is 5.15 Å². The number of aromatic nitrogens is 5. The Morgan fingerprint density at radius 3 is 3.13 bits per heavy atom. The number of hydrogen-bond acceptors (Lipinski definition) is 5. The van der Waals surface area contributed by atoms with Gasteiger partial charge in [-0.15, -0.1) is 16.4 Å². The van der Waals surface area contributed by atoms with Crippen LogP contribution in [0.1, 0.15) is 0 Å². The predicted octanol–water partition coefficient (Wildman–Crippen LogP) is 1.90. The first-order valence-corrected chi connectivity index (χ1v) is 5.38. The zero-order valence-electron chi connectivity index (χ0n) is 7.33. The Balaban J connectivity index is 2.37. The minimum atomic E-state index is 0.306. The molecule has 0 saturated carbocycles. The molecule has 0 radical (unpaired) electrons. The fraction of sp³-hybridized carbons (Fsp3) is 0. The van der Waals surface area contributed by atoms with Crippen LogP contribution in [0.15, 0.2) is 23.7 Å². The highest BCUT2D eigenvalue weighted by atomic mass is 35.5. The van der Waals surface area contributed by atoms with Gasteiger partial charge < -0.3 is 0 Å². The molecule has 5 nitrogen and oxygen atoms in total. The Kier molecular flexibility index (Phi) is 1.90. The number of nitrogens with zero attached hydrogens (tertiary/aromatic N) is 5. The van der Waals surface area contributed by atoms with Crippen molar-refractivity contribution >= 4 is 28.6 Å². The van der Waals surface area contributed by atoms with Crippen molar-refractivity contribution in [3.05, 3.63) is 28.9 Å². The fourth-order valence-electron chi connectivity index (χ4n) is 1.30. The van der Waals surface area contributed by atoms with E-state index in [9.17, 15) is 0 Å². The van der Waals surface area contributed by atoms with Crippen molar-refractivity contribution < 1.29 is 0 Å². The van der Waals surface area contributed by atoms with Gasteiger partial charge in [-0.2, -0.15) is 4.52 Å². The van der Waals surface area contributed by atoms with Crippen LogP contribution in [0.25, 0.3) is 16.2 Å². The largest absolute Gasteiger partial charge is 0.238 e. The van der Waals surface area contributed by atoms with E-state index in [0.717, 1.165) is 10.6 Å². The van der Waals surface area contributed by atoms with E-state index in [1.54, 1.807) is 22.0 Å². The summed E-state index contributed by atoms with van der Waals surface area (Å²) < 4.78 is 1.58. The van der Waals surface area contributed by atoms with E-state index < -0.39 is 0 Å². The summed E-state index contributed by atoms with van der Waals surface area (Å²) in [7, 11) is 0. The molecular weight excluding hydrogens is 234 g/mol. The second kappa shape index (κ2) is 3.25. The molecule has 15 heavy (non-hydrogen) atoms. The van der Waals surface area contributed by atoms with Gasteiger partial charge in [0.1, 0.15) is 5.69 Å². The summed E-state index contributed by atoms with van der Waals surface area (Å²) in [6.07, 6.45) is 1.66. The minimum absolute atomic E-state index is 0.306. The monoisotopic (exact) mass is 237 g/mol. The maximum atomic E-state index is 5.86. The van der Waals surface area contributed by atoms with Crippen molar-refractivity contribution in [1.82, 2.24) is 25.0 Å². The van der Waals surface area contributed by atoms with Crippen molar-refractivity contribution in [3.63, 3.8) is 0 Å². The van der Waals surface area contributed by atoms with Crippen molar-refractivity contribution in [2.45, 2.75) is 0 Å². The van der Waals surface area contributed by atoms with Crippen molar-refractivity contribution in [2.75, 3.05) is 0 Å². The van der Waals surface area contributed by atoms with Gasteiger partial charge in [0.2, 0.25) is 5.65 Å². The molecule has 0 amide bonds. The second-order valence-electron chi connectivity index (χ2n) is 2.83. The summed E-state index contributed by atoms with van der Waals surface area (Å²) in [5.74, 6) is 0. The van der Waals surface area contributed by atoms with Gasteiger partial charge in [0.05, 0.1) is 11.1 Å². The zero-order chi connectivity index (χ0) is 10.3. The van der Waals surface area contributed by atoms with Gasteiger partial charge in [-0.1, -0.05) is 17.7 Å². The molecule has 0 N–H and O–H groups in total. The van der Waals surface area contributed by atoms with E-state index >= 15 is 0 Å². The first-order valence-electron chi connectivity index (χ1n) is 4.13. The normalized spacial score (nSPS) is 11.0. The molecule has 0 saturated heterocycles. The summed E-state index contributed by atoms with van der Waals surface area (Å²) in [5.41, 5.74) is 1.32. The number of halogens is 1. The van der Waals surface area contributed by atoms with Gasteiger partial charge in [-0.3, -0.25) is 0 Å². The number of tetrazole rings is 1. The maximum absolute atomic E-state index is 5.86. The van der Waals surface area contributed by atoms with E-state index in [-0.39, 0.29) is 0 Å². The molecule has 0 unspecified atom stereocenters. The first kappa shape index (κ1) is 8.75. The molecule has 0 aromatic carbocycles. The summed E-state index contributed by atoms with van der Waals surface area (Å²) in [4.78, 5) is 5.10. The number of thiophene rings is 1. The summed E-state index contributed by atoms with van der Waals surface area (Å²) >= 11 is 7.46. The number of fused-ring (bicyclic) bond motifs is 1. The predicted molar refractivity (Wildman–Crippen MR) is 56.9 cm³/mol. The smallest absolute Gasteiger partial charge is 0.217 e. The van der Waals surface area contributed by atoms with Crippen LogP contribution in [0.4, 0.5) is 0 Å². The Labute approximate surface area is 93.3 Å². The molecule has 0 aliphatic heterocycles. The van der Waals surface area contributed by atoms with Crippen LogP contribution < -0.4 is 0 Å². The highest BCUT2D eigenvalue weighted by molar-refractivity contribution is 7.13. The zero-order valence-corrected chi connectivity index (χ0v) is 8.90. The van der Waals surface area contributed by atoms with Gasteiger partial charge in [-0.05, 0) is 21.9 Å². The molecular formula is C8H4ClN5S. The highest BCUT2D eigenvalue weighted by Crippen LogP contribution is 2.25. The van der Waals surface area contributed by atoms with Crippen LogP contribution in [0.3, 0.4) is 0 Å². The molecule has 0 atom stereocenters. The lowest BCUT2D eigenvalue weighted by Crippen LogP contribution is -1.95. The molecule has 0 spiro atoms. The first-order chi connectivity index (χ1) is 7.36. The van der Waals surface area contributed by atoms with Crippen LogP contribution in [-0.4, -0.2) is 25.0 Å². The van der Waals surface area contributed by atoms with Crippen LogP contribution in [-0.2, 0) is 0 Å². The third-order valence-corrected chi connectivity index (χ3v) is 3.12. The summed E-state index contributed by atoms with van der Waals surface area (Å²) in [6.45, 7) is 0. The van der Waals surface area contributed by atoms with E-state index in [0.29, 0.717) is 10.8 Å². The molecule has 3 rings (SSSR count). The van der Waals surface area contributed by atoms with Crippen molar-refractivity contribution in [2.24, 2.45) is 0 Å². The Bertz CT molecular complexity index is 603. The third kappa shape index (κ3) is 1.30. The van der Waals surface area contributed by atoms with Crippen molar-refractivity contribution in [3.8, 4) is 10.6 Å². The maximum Gasteiger partial charge on any atom is 0.217 e. The molecule has 7 heteroatoms. The van der Waals surface area contributed by atoms with E-state index in [4.69, 9.17) is 11.6 Å². The van der Waals surface area contributed by atoms with Gasteiger partial charge in [0, 0.05) is 0 Å². The average molecular weight is 238 g/mol. The van der Waals surface area contributed by atoms with Crippen molar-refractivity contribution in [1.29, 1.82) is 0 Å². The van der Waals surface area contributed by atoms with Gasteiger partial charge in [0.25, 0.3) is 0 Å². The standard InChI is InChI=1S/C8H4ClN5S/c9-7-8-11-12-13-14(8)5(4-10-7)6-2-1-3-15-6/h1-4H. The van der Waals surface area contributed by atoms with E-state index in [1.807, 2.05) is 17.5 Å². The second-order valence-corrected chi connectivity index (χ2v) is 4.13. The molecule has 0 aliphatic carbocycles. The van der Waals surface area contributed by atoms with Gasteiger partial charge >= 0.3 is 0 Å². The Morgan fingerprint density at radius 2 is 2.33 bits per heavy atom. The van der Waals surface area contributed by atoms with Gasteiger partial charge in [-0.25, -0.2) is 4.98 Å². The Hall–Kier alpha value is -1.53. The molecule has 0 fully saturated rings. The van der Waals surface area contributed by atoms with Crippen LogP contribution in [0, 0.1) is 0 Å². The molecule has 3 aromatic rings. The SMILES string of the molecule is Clc1ncc(-c2cccs2)n2nnnc12. The number of hydrogen-bond donors (Lipinski definition) is 0. The highest BCUT2D eigenvalue weighted by Gasteiger charge is 2.10. The molecule has 74 valence electrons. The fourth-order valence-corrected chi connectivity index (χ4v) is 2.19. The Morgan fingerprint density at radius 1 is 1.40 bits per heavy atom. The van der Waals surface area contributed by atoms with Gasteiger partial charge in [0.15, 0.2) is 5.15 Å². The quantitative estimate of drug-likeness (QED) is 0.649.